The second kappa shape index (κ2) is 7.59. The van der Waals surface area contributed by atoms with Gasteiger partial charge in [0.05, 0.1) is 6.54 Å². The summed E-state index contributed by atoms with van der Waals surface area (Å²) >= 11 is 0. The Labute approximate surface area is 126 Å². The number of hydrogen-bond acceptors (Lipinski definition) is 3. The van der Waals surface area contributed by atoms with E-state index >= 15 is 0 Å². The first-order valence-corrected chi connectivity index (χ1v) is 8.01. The van der Waals surface area contributed by atoms with E-state index in [0.717, 1.165) is 32.2 Å². The minimum absolute atomic E-state index is 0.0920. The second-order valence-electron chi connectivity index (χ2n) is 6.13. The largest absolute Gasteiger partial charge is 0.480 e. The summed E-state index contributed by atoms with van der Waals surface area (Å²) in [6, 6.07) is 0.514. The van der Waals surface area contributed by atoms with Crippen molar-refractivity contribution < 1.29 is 14.7 Å². The van der Waals surface area contributed by atoms with Crippen LogP contribution in [0.15, 0.2) is 11.6 Å². The standard InChI is InChI=1S/C16H26N2O3/c1-2-18(11-16(20)21)14-9-13(10-14)17-15(19)8-12-6-4-3-5-7-12/h6,13-14H,2-5,7-11H2,1H3,(H,17,19)(H,20,21). The van der Waals surface area contributed by atoms with Crippen LogP contribution in [-0.2, 0) is 9.59 Å². The van der Waals surface area contributed by atoms with E-state index in [1.807, 2.05) is 11.8 Å². The number of allylic oxidation sites excluding steroid dienone is 1. The second-order valence-corrected chi connectivity index (χ2v) is 6.13. The Morgan fingerprint density at radius 3 is 2.71 bits per heavy atom. The molecule has 1 amide bonds. The fraction of sp³-hybridized carbons (Fsp3) is 0.750. The molecule has 0 radical (unpaired) electrons. The molecular weight excluding hydrogens is 268 g/mol. The molecule has 21 heavy (non-hydrogen) atoms. The smallest absolute Gasteiger partial charge is 0.317 e. The lowest BCUT2D eigenvalue weighted by molar-refractivity contribution is -0.139. The summed E-state index contributed by atoms with van der Waals surface area (Å²) in [5.41, 5.74) is 1.27. The number of amides is 1. The van der Waals surface area contributed by atoms with Gasteiger partial charge >= 0.3 is 5.97 Å². The van der Waals surface area contributed by atoms with Crippen molar-refractivity contribution in [3.8, 4) is 0 Å². The SMILES string of the molecule is CCN(CC(=O)O)C1CC(NC(=O)CC2=CCCCC2)C1. The van der Waals surface area contributed by atoms with Crippen molar-refractivity contribution >= 4 is 11.9 Å². The van der Waals surface area contributed by atoms with Gasteiger partial charge in [-0.3, -0.25) is 14.5 Å². The van der Waals surface area contributed by atoms with E-state index in [4.69, 9.17) is 5.11 Å². The number of aliphatic carboxylic acids is 1. The van der Waals surface area contributed by atoms with Gasteiger partial charge in [0.15, 0.2) is 0 Å². The third-order valence-electron chi connectivity index (χ3n) is 4.51. The van der Waals surface area contributed by atoms with Crippen LogP contribution in [0.4, 0.5) is 0 Å². The molecule has 2 aliphatic carbocycles. The van der Waals surface area contributed by atoms with Crippen LogP contribution in [0.25, 0.3) is 0 Å². The van der Waals surface area contributed by atoms with Gasteiger partial charge in [-0.1, -0.05) is 18.6 Å². The van der Waals surface area contributed by atoms with Gasteiger partial charge in [-0.15, -0.1) is 0 Å². The number of carboxylic acids is 1. The Morgan fingerprint density at radius 1 is 1.38 bits per heavy atom. The van der Waals surface area contributed by atoms with E-state index in [0.29, 0.717) is 12.5 Å². The first-order chi connectivity index (χ1) is 10.1. The molecule has 0 aromatic rings. The van der Waals surface area contributed by atoms with Crippen LogP contribution >= 0.6 is 0 Å². The fourth-order valence-corrected chi connectivity index (χ4v) is 3.23. The van der Waals surface area contributed by atoms with Gasteiger partial charge in [-0.05, 0) is 45.1 Å². The number of carboxylic acid groups (broad SMARTS) is 1. The quantitative estimate of drug-likeness (QED) is 0.704. The van der Waals surface area contributed by atoms with E-state index in [-0.39, 0.29) is 18.5 Å². The van der Waals surface area contributed by atoms with Crippen molar-refractivity contribution in [2.75, 3.05) is 13.1 Å². The van der Waals surface area contributed by atoms with Gasteiger partial charge in [-0.2, -0.15) is 0 Å². The fourth-order valence-electron chi connectivity index (χ4n) is 3.23. The highest BCUT2D eigenvalue weighted by Gasteiger charge is 2.34. The lowest BCUT2D eigenvalue weighted by atomic mass is 9.85. The number of rotatable bonds is 7. The van der Waals surface area contributed by atoms with Gasteiger partial charge in [0, 0.05) is 18.5 Å². The zero-order valence-corrected chi connectivity index (χ0v) is 12.8. The normalized spacial score (nSPS) is 25.1. The molecule has 1 saturated carbocycles. The highest BCUT2D eigenvalue weighted by Crippen LogP contribution is 2.26. The molecule has 0 bridgehead atoms. The maximum Gasteiger partial charge on any atom is 0.317 e. The Kier molecular flexibility index (Phi) is 5.79. The van der Waals surface area contributed by atoms with E-state index in [9.17, 15) is 9.59 Å². The summed E-state index contributed by atoms with van der Waals surface area (Å²) in [7, 11) is 0. The van der Waals surface area contributed by atoms with E-state index in [1.54, 1.807) is 0 Å². The summed E-state index contributed by atoms with van der Waals surface area (Å²) in [4.78, 5) is 24.7. The monoisotopic (exact) mass is 294 g/mol. The van der Waals surface area contributed by atoms with Crippen LogP contribution in [0.3, 0.4) is 0 Å². The molecule has 0 heterocycles. The summed E-state index contributed by atoms with van der Waals surface area (Å²) in [6.07, 6.45) is 9.08. The molecule has 2 aliphatic rings. The molecular formula is C16H26N2O3. The van der Waals surface area contributed by atoms with Crippen molar-refractivity contribution in [2.45, 2.75) is 64.0 Å². The zero-order valence-electron chi connectivity index (χ0n) is 12.8. The Bertz CT molecular complexity index is 414. The summed E-state index contributed by atoms with van der Waals surface area (Å²) in [6.45, 7) is 2.81. The molecule has 0 aromatic carbocycles. The first-order valence-electron chi connectivity index (χ1n) is 8.01. The zero-order chi connectivity index (χ0) is 15.2. The number of nitrogens with zero attached hydrogens (tertiary/aromatic N) is 1. The Balaban J connectivity index is 1.68. The molecule has 0 saturated heterocycles. The third-order valence-corrected chi connectivity index (χ3v) is 4.51. The molecule has 2 rings (SSSR count). The topological polar surface area (TPSA) is 69.6 Å². The van der Waals surface area contributed by atoms with Gasteiger partial charge in [0.2, 0.25) is 5.91 Å². The molecule has 118 valence electrons. The summed E-state index contributed by atoms with van der Waals surface area (Å²) in [5, 5.41) is 11.9. The minimum atomic E-state index is -0.784. The van der Waals surface area contributed by atoms with E-state index in [2.05, 4.69) is 11.4 Å². The first kappa shape index (κ1) is 16.0. The van der Waals surface area contributed by atoms with Gasteiger partial charge in [0.1, 0.15) is 0 Å². The maximum absolute atomic E-state index is 12.0. The van der Waals surface area contributed by atoms with Crippen LogP contribution in [0, 0.1) is 0 Å². The molecule has 0 atom stereocenters. The van der Waals surface area contributed by atoms with Crippen molar-refractivity contribution in [1.29, 1.82) is 0 Å². The number of carbonyl (C=O) groups is 2. The lowest BCUT2D eigenvalue weighted by Gasteiger charge is -2.42. The van der Waals surface area contributed by atoms with E-state index < -0.39 is 5.97 Å². The van der Waals surface area contributed by atoms with Crippen LogP contribution in [0.5, 0.6) is 0 Å². The average Bonchev–Trinajstić information content (AvgIpc) is 2.41. The third kappa shape index (κ3) is 4.84. The van der Waals surface area contributed by atoms with Crippen molar-refractivity contribution in [3.05, 3.63) is 11.6 Å². The van der Waals surface area contributed by atoms with Crippen molar-refractivity contribution in [1.82, 2.24) is 10.2 Å². The van der Waals surface area contributed by atoms with Gasteiger partial charge in [0.25, 0.3) is 0 Å². The number of likely N-dealkylation sites (N-methyl/N-ethyl adjacent to an activating group) is 1. The van der Waals surface area contributed by atoms with E-state index in [1.165, 1.54) is 18.4 Å². The highest BCUT2D eigenvalue weighted by molar-refractivity contribution is 5.79. The Hall–Kier alpha value is -1.36. The predicted octanol–water partition coefficient (Wildman–Crippen LogP) is 1.93. The van der Waals surface area contributed by atoms with Crippen LogP contribution in [0.2, 0.25) is 0 Å². The molecule has 0 aromatic heterocycles. The minimum Gasteiger partial charge on any atom is -0.480 e. The lowest BCUT2D eigenvalue weighted by Crippen LogP contribution is -2.54. The highest BCUT2D eigenvalue weighted by atomic mass is 16.4. The van der Waals surface area contributed by atoms with Gasteiger partial charge in [-0.25, -0.2) is 0 Å². The number of carbonyl (C=O) groups excluding carboxylic acids is 1. The summed E-state index contributed by atoms with van der Waals surface area (Å²) < 4.78 is 0. The number of nitrogens with one attached hydrogen (secondary N) is 1. The summed E-state index contributed by atoms with van der Waals surface area (Å²) in [5.74, 6) is -0.665. The van der Waals surface area contributed by atoms with Crippen LogP contribution in [-0.4, -0.2) is 47.1 Å². The van der Waals surface area contributed by atoms with Crippen molar-refractivity contribution in [3.63, 3.8) is 0 Å². The Morgan fingerprint density at radius 2 is 2.14 bits per heavy atom. The molecule has 5 nitrogen and oxygen atoms in total. The van der Waals surface area contributed by atoms with Crippen LogP contribution < -0.4 is 5.32 Å². The average molecular weight is 294 g/mol. The predicted molar refractivity (Wildman–Crippen MR) is 81.0 cm³/mol. The molecule has 5 heteroatoms. The molecule has 2 N–H and O–H groups in total. The maximum atomic E-state index is 12.0. The van der Waals surface area contributed by atoms with Crippen molar-refractivity contribution in [2.24, 2.45) is 0 Å². The molecule has 0 unspecified atom stereocenters. The molecule has 1 fully saturated rings. The molecule has 0 spiro atoms. The van der Waals surface area contributed by atoms with Crippen LogP contribution in [0.1, 0.15) is 51.9 Å². The van der Waals surface area contributed by atoms with Gasteiger partial charge < -0.3 is 10.4 Å². The molecule has 0 aliphatic heterocycles. The number of hydrogen-bond donors (Lipinski definition) is 2.